The van der Waals surface area contributed by atoms with Crippen LogP contribution in [0.3, 0.4) is 0 Å². The molecule has 1 N–H and O–H groups in total. The highest BCUT2D eigenvalue weighted by molar-refractivity contribution is 6.04. The van der Waals surface area contributed by atoms with Crippen molar-refractivity contribution in [1.29, 1.82) is 0 Å². The quantitative estimate of drug-likeness (QED) is 0.799. The number of hydrogen-bond acceptors (Lipinski definition) is 3. The molecule has 4 nitrogen and oxygen atoms in total. The summed E-state index contributed by atoms with van der Waals surface area (Å²) in [5.74, 6) is -0.224. The van der Waals surface area contributed by atoms with Crippen LogP contribution in [0.2, 0.25) is 0 Å². The van der Waals surface area contributed by atoms with Crippen LogP contribution < -0.4 is 5.32 Å². The predicted molar refractivity (Wildman–Crippen MR) is 86.6 cm³/mol. The van der Waals surface area contributed by atoms with E-state index in [4.69, 9.17) is 0 Å². The molecule has 0 saturated carbocycles. The molecule has 3 aromatic rings. The van der Waals surface area contributed by atoms with Crippen molar-refractivity contribution in [1.82, 2.24) is 9.97 Å². The van der Waals surface area contributed by atoms with Crippen LogP contribution in [0, 0.1) is 12.7 Å². The van der Waals surface area contributed by atoms with Crippen LogP contribution in [-0.2, 0) is 0 Å². The van der Waals surface area contributed by atoms with E-state index in [2.05, 4.69) is 15.3 Å². The van der Waals surface area contributed by atoms with Crippen LogP contribution >= 0.6 is 0 Å². The maximum Gasteiger partial charge on any atom is 0.255 e. The standard InChI is InChI=1S/C18H14FN3O/c1-12-8-9-20-17(21-12)13-4-3-7-16(11-13)22-18(23)14-5-2-6-15(19)10-14/h2-11H,1H3,(H,22,23). The summed E-state index contributed by atoms with van der Waals surface area (Å²) < 4.78 is 13.2. The zero-order chi connectivity index (χ0) is 16.2. The summed E-state index contributed by atoms with van der Waals surface area (Å²) in [5.41, 5.74) is 2.53. The lowest BCUT2D eigenvalue weighted by atomic mass is 10.1. The first-order valence-electron chi connectivity index (χ1n) is 7.09. The van der Waals surface area contributed by atoms with Crippen molar-refractivity contribution in [3.05, 3.63) is 77.9 Å². The third kappa shape index (κ3) is 3.58. The lowest BCUT2D eigenvalue weighted by molar-refractivity contribution is 0.102. The number of carbonyl (C=O) groups is 1. The zero-order valence-electron chi connectivity index (χ0n) is 12.5. The monoisotopic (exact) mass is 307 g/mol. The molecule has 1 amide bonds. The maximum absolute atomic E-state index is 13.2. The molecule has 0 aliphatic rings. The highest BCUT2D eigenvalue weighted by atomic mass is 19.1. The summed E-state index contributed by atoms with van der Waals surface area (Å²) in [6, 6.07) is 14.6. The van der Waals surface area contributed by atoms with Gasteiger partial charge >= 0.3 is 0 Å². The van der Waals surface area contributed by atoms with Crippen molar-refractivity contribution in [2.45, 2.75) is 6.92 Å². The largest absolute Gasteiger partial charge is 0.322 e. The predicted octanol–water partition coefficient (Wildman–Crippen LogP) is 3.84. The van der Waals surface area contributed by atoms with E-state index < -0.39 is 5.82 Å². The maximum atomic E-state index is 13.2. The van der Waals surface area contributed by atoms with Crippen molar-refractivity contribution in [3.63, 3.8) is 0 Å². The van der Waals surface area contributed by atoms with Gasteiger partial charge in [-0.15, -0.1) is 0 Å². The summed E-state index contributed by atoms with van der Waals surface area (Å²) in [7, 11) is 0. The second kappa shape index (κ2) is 6.36. The van der Waals surface area contributed by atoms with Gasteiger partial charge in [0.25, 0.3) is 5.91 Å². The van der Waals surface area contributed by atoms with Gasteiger partial charge in [0.15, 0.2) is 5.82 Å². The minimum Gasteiger partial charge on any atom is -0.322 e. The topological polar surface area (TPSA) is 54.9 Å². The minimum atomic E-state index is -0.445. The molecule has 3 rings (SSSR count). The number of carbonyl (C=O) groups excluding carboxylic acids is 1. The first-order valence-corrected chi connectivity index (χ1v) is 7.09. The summed E-state index contributed by atoms with van der Waals surface area (Å²) in [5, 5.41) is 2.75. The Morgan fingerprint density at radius 1 is 1.09 bits per heavy atom. The number of hydrogen-bond donors (Lipinski definition) is 1. The second-order valence-corrected chi connectivity index (χ2v) is 5.07. The summed E-state index contributed by atoms with van der Waals surface area (Å²) in [6.45, 7) is 1.89. The highest BCUT2D eigenvalue weighted by Gasteiger charge is 2.08. The Balaban J connectivity index is 1.84. The molecule has 1 heterocycles. The molecule has 0 spiro atoms. The highest BCUT2D eigenvalue weighted by Crippen LogP contribution is 2.20. The molecule has 0 fully saturated rings. The van der Waals surface area contributed by atoms with Crippen molar-refractivity contribution < 1.29 is 9.18 Å². The Morgan fingerprint density at radius 3 is 2.70 bits per heavy atom. The van der Waals surface area contributed by atoms with Gasteiger partial charge in [-0.25, -0.2) is 14.4 Å². The fraction of sp³-hybridized carbons (Fsp3) is 0.0556. The number of rotatable bonds is 3. The van der Waals surface area contributed by atoms with Crippen LogP contribution in [0.25, 0.3) is 11.4 Å². The van der Waals surface area contributed by atoms with Crippen molar-refractivity contribution in [2.24, 2.45) is 0 Å². The van der Waals surface area contributed by atoms with E-state index in [9.17, 15) is 9.18 Å². The van der Waals surface area contributed by atoms with Gasteiger partial charge in [0.05, 0.1) is 0 Å². The van der Waals surface area contributed by atoms with Crippen LogP contribution in [0.15, 0.2) is 60.8 Å². The van der Waals surface area contributed by atoms with E-state index in [0.717, 1.165) is 11.3 Å². The molecule has 5 heteroatoms. The van der Waals surface area contributed by atoms with Crippen molar-refractivity contribution in [3.8, 4) is 11.4 Å². The van der Waals surface area contributed by atoms with E-state index in [-0.39, 0.29) is 11.5 Å². The number of anilines is 1. The van der Waals surface area contributed by atoms with Gasteiger partial charge in [-0.3, -0.25) is 4.79 Å². The number of halogens is 1. The third-order valence-electron chi connectivity index (χ3n) is 3.26. The first-order chi connectivity index (χ1) is 11.1. The average molecular weight is 307 g/mol. The molecule has 0 atom stereocenters. The van der Waals surface area contributed by atoms with E-state index in [1.807, 2.05) is 25.1 Å². The van der Waals surface area contributed by atoms with Gasteiger partial charge in [-0.2, -0.15) is 0 Å². The molecule has 1 aromatic heterocycles. The minimum absolute atomic E-state index is 0.266. The molecule has 0 saturated heterocycles. The van der Waals surface area contributed by atoms with Gasteiger partial charge in [0.2, 0.25) is 0 Å². The van der Waals surface area contributed by atoms with Gasteiger partial charge in [-0.1, -0.05) is 18.2 Å². The summed E-state index contributed by atoms with van der Waals surface area (Å²) >= 11 is 0. The lowest BCUT2D eigenvalue weighted by Gasteiger charge is -2.07. The van der Waals surface area contributed by atoms with Gasteiger partial charge < -0.3 is 5.32 Å². The molecule has 23 heavy (non-hydrogen) atoms. The number of aryl methyl sites for hydroxylation is 1. The Bertz CT molecular complexity index is 864. The van der Waals surface area contributed by atoms with Crippen LogP contribution in [0.1, 0.15) is 16.1 Å². The second-order valence-electron chi connectivity index (χ2n) is 5.07. The number of benzene rings is 2. The SMILES string of the molecule is Cc1ccnc(-c2cccc(NC(=O)c3cccc(F)c3)c2)n1. The van der Waals surface area contributed by atoms with E-state index in [1.54, 1.807) is 24.4 Å². The van der Waals surface area contributed by atoms with E-state index >= 15 is 0 Å². The fourth-order valence-corrected chi connectivity index (χ4v) is 2.16. The third-order valence-corrected chi connectivity index (χ3v) is 3.26. The average Bonchev–Trinajstić information content (AvgIpc) is 2.55. The molecular formula is C18H14FN3O. The number of nitrogens with zero attached hydrogens (tertiary/aromatic N) is 2. The Morgan fingerprint density at radius 2 is 1.91 bits per heavy atom. The molecule has 2 aromatic carbocycles. The van der Waals surface area contributed by atoms with Crippen LogP contribution in [0.4, 0.5) is 10.1 Å². The molecule has 0 bridgehead atoms. The number of nitrogens with one attached hydrogen (secondary N) is 1. The molecule has 0 aliphatic heterocycles. The molecule has 114 valence electrons. The Hall–Kier alpha value is -3.08. The lowest BCUT2D eigenvalue weighted by Crippen LogP contribution is -2.12. The smallest absolute Gasteiger partial charge is 0.255 e. The number of aromatic nitrogens is 2. The molecular weight excluding hydrogens is 293 g/mol. The van der Waals surface area contributed by atoms with Gasteiger partial charge in [0.1, 0.15) is 5.82 Å². The fourth-order valence-electron chi connectivity index (χ4n) is 2.16. The molecule has 0 aliphatic carbocycles. The Kier molecular flexibility index (Phi) is 4.10. The molecule has 0 unspecified atom stereocenters. The van der Waals surface area contributed by atoms with Crippen molar-refractivity contribution in [2.75, 3.05) is 5.32 Å². The normalized spacial score (nSPS) is 10.3. The first kappa shape index (κ1) is 14.8. The zero-order valence-corrected chi connectivity index (χ0v) is 12.5. The van der Waals surface area contributed by atoms with Crippen molar-refractivity contribution >= 4 is 11.6 Å². The summed E-state index contributed by atoms with van der Waals surface area (Å²) in [6.07, 6.45) is 1.69. The summed E-state index contributed by atoms with van der Waals surface area (Å²) in [4.78, 5) is 20.7. The van der Waals surface area contributed by atoms with Gasteiger partial charge in [-0.05, 0) is 43.3 Å². The van der Waals surface area contributed by atoms with E-state index in [0.29, 0.717) is 11.5 Å². The Labute approximate surface area is 133 Å². The van der Waals surface area contributed by atoms with Crippen LogP contribution in [0.5, 0.6) is 0 Å². The van der Waals surface area contributed by atoms with E-state index in [1.165, 1.54) is 18.2 Å². The van der Waals surface area contributed by atoms with Gasteiger partial charge in [0, 0.05) is 28.7 Å². The van der Waals surface area contributed by atoms with Crippen LogP contribution in [-0.4, -0.2) is 15.9 Å². The number of amides is 1. The molecule has 0 radical (unpaired) electrons.